The molecular weight excluding hydrogens is 315 g/mol. The summed E-state index contributed by atoms with van der Waals surface area (Å²) in [6.45, 7) is 0. The SMILES string of the molecule is Clc1ccc2ncc3ccc(-c4ccccc4Cl)nc3c2c1. The number of aromatic nitrogens is 2. The highest BCUT2D eigenvalue weighted by Crippen LogP contribution is 2.30. The van der Waals surface area contributed by atoms with Crippen molar-refractivity contribution in [3.63, 3.8) is 0 Å². The number of hydrogen-bond acceptors (Lipinski definition) is 2. The van der Waals surface area contributed by atoms with Crippen LogP contribution in [0.25, 0.3) is 33.1 Å². The molecule has 2 heterocycles. The van der Waals surface area contributed by atoms with E-state index in [0.29, 0.717) is 10.0 Å². The lowest BCUT2D eigenvalue weighted by Crippen LogP contribution is -1.89. The second-order valence-electron chi connectivity index (χ2n) is 5.03. The van der Waals surface area contributed by atoms with Crippen LogP contribution in [0.5, 0.6) is 0 Å². The van der Waals surface area contributed by atoms with E-state index in [2.05, 4.69) is 4.98 Å². The van der Waals surface area contributed by atoms with Gasteiger partial charge in [-0.3, -0.25) is 4.98 Å². The molecule has 106 valence electrons. The number of hydrogen-bond donors (Lipinski definition) is 0. The minimum atomic E-state index is 0.673. The minimum Gasteiger partial charge on any atom is -0.255 e. The zero-order valence-corrected chi connectivity index (χ0v) is 12.9. The highest BCUT2D eigenvalue weighted by Gasteiger charge is 2.08. The van der Waals surface area contributed by atoms with Crippen molar-refractivity contribution in [2.45, 2.75) is 0 Å². The van der Waals surface area contributed by atoms with Crippen molar-refractivity contribution in [1.29, 1.82) is 0 Å². The summed E-state index contributed by atoms with van der Waals surface area (Å²) < 4.78 is 0. The highest BCUT2D eigenvalue weighted by molar-refractivity contribution is 6.33. The van der Waals surface area contributed by atoms with Gasteiger partial charge in [-0.1, -0.05) is 41.4 Å². The molecular formula is C18H10Cl2N2. The maximum atomic E-state index is 6.28. The van der Waals surface area contributed by atoms with Crippen LogP contribution >= 0.6 is 23.2 Å². The normalized spacial score (nSPS) is 11.2. The molecule has 0 bridgehead atoms. The van der Waals surface area contributed by atoms with E-state index in [4.69, 9.17) is 28.2 Å². The molecule has 22 heavy (non-hydrogen) atoms. The Hall–Kier alpha value is -2.16. The molecule has 0 saturated carbocycles. The van der Waals surface area contributed by atoms with Gasteiger partial charge in [-0.2, -0.15) is 0 Å². The fourth-order valence-corrected chi connectivity index (χ4v) is 2.96. The Kier molecular flexibility index (Phi) is 3.21. The summed E-state index contributed by atoms with van der Waals surface area (Å²) in [4.78, 5) is 9.24. The van der Waals surface area contributed by atoms with E-state index in [-0.39, 0.29) is 0 Å². The van der Waals surface area contributed by atoms with Crippen molar-refractivity contribution >= 4 is 45.0 Å². The van der Waals surface area contributed by atoms with Crippen molar-refractivity contribution in [3.8, 4) is 11.3 Å². The molecule has 0 spiro atoms. The number of benzene rings is 2. The summed E-state index contributed by atoms with van der Waals surface area (Å²) in [6, 6.07) is 17.3. The molecule has 0 N–H and O–H groups in total. The number of pyridine rings is 2. The van der Waals surface area contributed by atoms with E-state index < -0.39 is 0 Å². The number of halogens is 2. The van der Waals surface area contributed by atoms with Crippen LogP contribution in [0.4, 0.5) is 0 Å². The third-order valence-electron chi connectivity index (χ3n) is 3.63. The van der Waals surface area contributed by atoms with Gasteiger partial charge in [0, 0.05) is 32.6 Å². The highest BCUT2D eigenvalue weighted by atomic mass is 35.5. The molecule has 4 heteroatoms. The Labute approximate surface area is 137 Å². The van der Waals surface area contributed by atoms with Crippen LogP contribution in [0, 0.1) is 0 Å². The Morgan fingerprint density at radius 3 is 2.59 bits per heavy atom. The molecule has 0 fully saturated rings. The summed E-state index contributed by atoms with van der Waals surface area (Å²) in [5.41, 5.74) is 3.51. The van der Waals surface area contributed by atoms with Gasteiger partial charge in [0.25, 0.3) is 0 Å². The van der Waals surface area contributed by atoms with Gasteiger partial charge in [-0.15, -0.1) is 0 Å². The Bertz CT molecular complexity index is 1010. The summed E-state index contributed by atoms with van der Waals surface area (Å²) >= 11 is 12.4. The topological polar surface area (TPSA) is 25.8 Å². The van der Waals surface area contributed by atoms with Crippen LogP contribution in [-0.4, -0.2) is 9.97 Å². The van der Waals surface area contributed by atoms with E-state index in [0.717, 1.165) is 33.1 Å². The molecule has 2 nitrogen and oxygen atoms in total. The quantitative estimate of drug-likeness (QED) is 0.416. The predicted octanol–water partition coefficient (Wildman–Crippen LogP) is 5.76. The van der Waals surface area contributed by atoms with E-state index in [1.54, 1.807) is 0 Å². The van der Waals surface area contributed by atoms with Crippen molar-refractivity contribution in [3.05, 3.63) is 70.8 Å². The first-order valence-electron chi connectivity index (χ1n) is 6.82. The molecule has 0 radical (unpaired) electrons. The van der Waals surface area contributed by atoms with Crippen molar-refractivity contribution < 1.29 is 0 Å². The fraction of sp³-hybridized carbons (Fsp3) is 0. The monoisotopic (exact) mass is 324 g/mol. The van der Waals surface area contributed by atoms with Gasteiger partial charge >= 0.3 is 0 Å². The maximum absolute atomic E-state index is 6.28. The Morgan fingerprint density at radius 2 is 1.73 bits per heavy atom. The molecule has 0 amide bonds. The zero-order valence-electron chi connectivity index (χ0n) is 11.4. The van der Waals surface area contributed by atoms with Crippen LogP contribution in [0.1, 0.15) is 0 Å². The second-order valence-corrected chi connectivity index (χ2v) is 5.88. The Balaban J connectivity index is 2.06. The lowest BCUT2D eigenvalue weighted by Gasteiger charge is -2.07. The lowest BCUT2D eigenvalue weighted by atomic mass is 10.1. The van der Waals surface area contributed by atoms with Gasteiger partial charge in [0.15, 0.2) is 0 Å². The smallest absolute Gasteiger partial charge is 0.0819 e. The minimum absolute atomic E-state index is 0.673. The molecule has 2 aromatic carbocycles. The van der Waals surface area contributed by atoms with Gasteiger partial charge in [-0.05, 0) is 36.4 Å². The summed E-state index contributed by atoms with van der Waals surface area (Å²) in [7, 11) is 0. The summed E-state index contributed by atoms with van der Waals surface area (Å²) in [5.74, 6) is 0. The molecule has 0 aliphatic rings. The van der Waals surface area contributed by atoms with Crippen molar-refractivity contribution in [1.82, 2.24) is 9.97 Å². The molecule has 4 rings (SSSR count). The average molecular weight is 325 g/mol. The third kappa shape index (κ3) is 2.21. The van der Waals surface area contributed by atoms with Crippen LogP contribution in [0.15, 0.2) is 60.8 Å². The van der Waals surface area contributed by atoms with Crippen LogP contribution in [-0.2, 0) is 0 Å². The molecule has 2 aromatic heterocycles. The largest absolute Gasteiger partial charge is 0.255 e. The first kappa shape index (κ1) is 13.5. The second kappa shape index (κ2) is 5.24. The predicted molar refractivity (Wildman–Crippen MR) is 92.5 cm³/mol. The zero-order chi connectivity index (χ0) is 15.1. The van der Waals surface area contributed by atoms with Crippen molar-refractivity contribution in [2.75, 3.05) is 0 Å². The number of rotatable bonds is 1. The molecule has 0 aliphatic carbocycles. The molecule has 0 unspecified atom stereocenters. The lowest BCUT2D eigenvalue weighted by molar-refractivity contribution is 1.38. The molecule has 0 atom stereocenters. The van der Waals surface area contributed by atoms with Crippen LogP contribution < -0.4 is 0 Å². The van der Waals surface area contributed by atoms with Gasteiger partial charge in [0.1, 0.15) is 0 Å². The first-order chi connectivity index (χ1) is 10.7. The average Bonchev–Trinajstić information content (AvgIpc) is 2.55. The Morgan fingerprint density at radius 1 is 0.864 bits per heavy atom. The van der Waals surface area contributed by atoms with E-state index in [9.17, 15) is 0 Å². The fourth-order valence-electron chi connectivity index (χ4n) is 2.56. The molecule has 0 saturated heterocycles. The maximum Gasteiger partial charge on any atom is 0.0819 e. The molecule has 0 aliphatic heterocycles. The van der Waals surface area contributed by atoms with Gasteiger partial charge in [-0.25, -0.2) is 4.98 Å². The summed E-state index contributed by atoms with van der Waals surface area (Å²) in [5, 5.41) is 3.28. The summed E-state index contributed by atoms with van der Waals surface area (Å²) in [6.07, 6.45) is 1.83. The van der Waals surface area contributed by atoms with Crippen molar-refractivity contribution in [2.24, 2.45) is 0 Å². The number of fused-ring (bicyclic) bond motifs is 3. The van der Waals surface area contributed by atoms with Gasteiger partial charge in [0.05, 0.1) is 16.7 Å². The first-order valence-corrected chi connectivity index (χ1v) is 7.58. The number of nitrogens with zero attached hydrogens (tertiary/aromatic N) is 2. The van der Waals surface area contributed by atoms with E-state index in [1.165, 1.54) is 0 Å². The molecule has 4 aromatic rings. The van der Waals surface area contributed by atoms with E-state index in [1.807, 2.05) is 60.8 Å². The third-order valence-corrected chi connectivity index (χ3v) is 4.20. The standard InChI is InChI=1S/C18H10Cl2N2/c19-12-6-8-16-14(9-12)18-11(10-21-16)5-7-17(22-18)13-3-1-2-4-15(13)20/h1-10H. The van der Waals surface area contributed by atoms with Crippen LogP contribution in [0.2, 0.25) is 10.0 Å². The van der Waals surface area contributed by atoms with Crippen LogP contribution in [0.3, 0.4) is 0 Å². The van der Waals surface area contributed by atoms with Gasteiger partial charge in [0.2, 0.25) is 0 Å². The van der Waals surface area contributed by atoms with E-state index >= 15 is 0 Å². The van der Waals surface area contributed by atoms with Gasteiger partial charge < -0.3 is 0 Å².